The lowest BCUT2D eigenvalue weighted by Gasteiger charge is -2.33. The van der Waals surface area contributed by atoms with Gasteiger partial charge in [-0.3, -0.25) is 4.79 Å². The van der Waals surface area contributed by atoms with Crippen LogP contribution in [-0.2, 0) is 4.79 Å². The van der Waals surface area contributed by atoms with Crippen LogP contribution in [0.4, 0.5) is 5.82 Å². The molecule has 0 spiro atoms. The predicted octanol–water partition coefficient (Wildman–Crippen LogP) is 3.83. The fourth-order valence-corrected chi connectivity index (χ4v) is 5.21. The average Bonchev–Trinajstić information content (AvgIpc) is 3.52. The van der Waals surface area contributed by atoms with Gasteiger partial charge in [-0.15, -0.1) is 0 Å². The first kappa shape index (κ1) is 22.8. The lowest BCUT2D eigenvalue weighted by Crippen LogP contribution is -2.41. The van der Waals surface area contributed by atoms with Gasteiger partial charge in [0, 0.05) is 48.9 Å². The highest BCUT2D eigenvalue weighted by atomic mass is 16.1. The monoisotopic (exact) mass is 460 g/mol. The summed E-state index contributed by atoms with van der Waals surface area (Å²) in [5, 5.41) is 8.08. The standard InChI is InChI=1S/C27H36N6O/c1-20-6-8-22(9-7-20)24-19-25-29-21(2)18-26(33(25)30-24)32-16-10-23(11-17-32)27(34)28-12-5-15-31-13-3-4-14-31/h6-9,18-19,23H,3-5,10-17H2,1-2H3,(H,28,34). The van der Waals surface area contributed by atoms with Gasteiger partial charge in [0.25, 0.3) is 0 Å². The number of aromatic nitrogens is 3. The molecule has 7 nitrogen and oxygen atoms in total. The topological polar surface area (TPSA) is 65.8 Å². The van der Waals surface area contributed by atoms with Gasteiger partial charge in [-0.05, 0) is 65.6 Å². The zero-order valence-corrected chi connectivity index (χ0v) is 20.5. The van der Waals surface area contributed by atoms with Crippen LogP contribution in [0.5, 0.6) is 0 Å². The summed E-state index contributed by atoms with van der Waals surface area (Å²) in [6.07, 6.45) is 5.42. The van der Waals surface area contributed by atoms with E-state index in [0.29, 0.717) is 0 Å². The zero-order valence-electron chi connectivity index (χ0n) is 20.5. The lowest BCUT2D eigenvalue weighted by atomic mass is 9.96. The van der Waals surface area contributed by atoms with Crippen molar-refractivity contribution in [2.45, 2.75) is 46.0 Å². The summed E-state index contributed by atoms with van der Waals surface area (Å²) in [7, 11) is 0. The lowest BCUT2D eigenvalue weighted by molar-refractivity contribution is -0.125. The van der Waals surface area contributed by atoms with Crippen LogP contribution in [0.2, 0.25) is 0 Å². The molecule has 0 aliphatic carbocycles. The number of anilines is 1. The van der Waals surface area contributed by atoms with Crippen molar-refractivity contribution in [1.29, 1.82) is 0 Å². The van der Waals surface area contributed by atoms with E-state index in [1.807, 2.05) is 11.4 Å². The number of piperidine rings is 1. The quantitative estimate of drug-likeness (QED) is 0.543. The Hall–Kier alpha value is -2.93. The van der Waals surface area contributed by atoms with E-state index in [1.54, 1.807) is 0 Å². The van der Waals surface area contributed by atoms with Gasteiger partial charge in [0.05, 0.1) is 5.69 Å². The van der Waals surface area contributed by atoms with Gasteiger partial charge < -0.3 is 15.1 Å². The molecule has 1 N–H and O–H groups in total. The van der Waals surface area contributed by atoms with E-state index in [-0.39, 0.29) is 11.8 Å². The Morgan fingerprint density at radius 2 is 1.76 bits per heavy atom. The van der Waals surface area contributed by atoms with E-state index >= 15 is 0 Å². The number of fused-ring (bicyclic) bond motifs is 1. The maximum Gasteiger partial charge on any atom is 0.223 e. The number of rotatable bonds is 7. The maximum atomic E-state index is 12.7. The number of aryl methyl sites for hydroxylation is 2. The third-order valence-corrected chi connectivity index (χ3v) is 7.22. The summed E-state index contributed by atoms with van der Waals surface area (Å²) in [5.74, 6) is 1.38. The van der Waals surface area contributed by atoms with Crippen LogP contribution in [-0.4, -0.2) is 64.7 Å². The van der Waals surface area contributed by atoms with Crippen molar-refractivity contribution in [3.8, 4) is 11.3 Å². The van der Waals surface area contributed by atoms with Crippen LogP contribution in [0.25, 0.3) is 16.9 Å². The van der Waals surface area contributed by atoms with Crippen LogP contribution in [0, 0.1) is 19.8 Å². The Labute approximate surface area is 202 Å². The van der Waals surface area contributed by atoms with Crippen LogP contribution >= 0.6 is 0 Å². The number of likely N-dealkylation sites (tertiary alicyclic amines) is 1. The van der Waals surface area contributed by atoms with Gasteiger partial charge in [-0.1, -0.05) is 29.8 Å². The molecule has 7 heteroatoms. The number of carbonyl (C=O) groups excluding carboxylic acids is 1. The molecular formula is C27H36N6O. The van der Waals surface area contributed by atoms with Crippen LogP contribution in [0.3, 0.4) is 0 Å². The van der Waals surface area contributed by atoms with Gasteiger partial charge in [-0.2, -0.15) is 9.61 Å². The molecule has 0 radical (unpaired) electrons. The van der Waals surface area contributed by atoms with Crippen molar-refractivity contribution in [3.05, 3.63) is 47.7 Å². The fourth-order valence-electron chi connectivity index (χ4n) is 5.21. The summed E-state index contributed by atoms with van der Waals surface area (Å²) in [6, 6.07) is 12.6. The molecular weight excluding hydrogens is 424 g/mol. The average molecular weight is 461 g/mol. The molecule has 2 saturated heterocycles. The number of carbonyl (C=O) groups is 1. The Balaban J connectivity index is 1.21. The van der Waals surface area contributed by atoms with Crippen molar-refractivity contribution >= 4 is 17.4 Å². The molecule has 180 valence electrons. The number of nitrogens with one attached hydrogen (secondary N) is 1. The van der Waals surface area contributed by atoms with Crippen LogP contribution < -0.4 is 10.2 Å². The summed E-state index contributed by atoms with van der Waals surface area (Å²) in [4.78, 5) is 22.3. The van der Waals surface area contributed by atoms with Crippen molar-refractivity contribution in [2.75, 3.05) is 44.2 Å². The second kappa shape index (κ2) is 10.1. The summed E-state index contributed by atoms with van der Waals surface area (Å²) >= 11 is 0. The molecule has 3 aromatic rings. The van der Waals surface area contributed by atoms with E-state index in [2.05, 4.69) is 58.4 Å². The molecule has 0 atom stereocenters. The van der Waals surface area contributed by atoms with Crippen LogP contribution in [0.1, 0.15) is 43.4 Å². The van der Waals surface area contributed by atoms with Crippen molar-refractivity contribution < 1.29 is 4.79 Å². The molecule has 34 heavy (non-hydrogen) atoms. The molecule has 5 rings (SSSR count). The molecule has 0 bridgehead atoms. The summed E-state index contributed by atoms with van der Waals surface area (Å²) in [6.45, 7) is 10.2. The van der Waals surface area contributed by atoms with Gasteiger partial charge in [0.2, 0.25) is 5.91 Å². The minimum Gasteiger partial charge on any atom is -0.356 e. The van der Waals surface area contributed by atoms with Crippen LogP contribution in [0.15, 0.2) is 36.4 Å². The third kappa shape index (κ3) is 5.09. The largest absolute Gasteiger partial charge is 0.356 e. The molecule has 1 aromatic carbocycles. The van der Waals surface area contributed by atoms with Crippen molar-refractivity contribution in [1.82, 2.24) is 24.8 Å². The highest BCUT2D eigenvalue weighted by molar-refractivity contribution is 5.79. The molecule has 2 fully saturated rings. The molecule has 0 unspecified atom stereocenters. The second-order valence-electron chi connectivity index (χ2n) is 9.88. The predicted molar refractivity (Wildman–Crippen MR) is 136 cm³/mol. The van der Waals surface area contributed by atoms with E-state index in [1.165, 1.54) is 31.5 Å². The Morgan fingerprint density at radius 3 is 2.50 bits per heavy atom. The Bertz CT molecular complexity index is 1120. The minimum absolute atomic E-state index is 0.0993. The number of amides is 1. The summed E-state index contributed by atoms with van der Waals surface area (Å²) < 4.78 is 1.96. The molecule has 4 heterocycles. The number of hydrogen-bond acceptors (Lipinski definition) is 5. The van der Waals surface area contributed by atoms with Crippen molar-refractivity contribution in [2.24, 2.45) is 5.92 Å². The smallest absolute Gasteiger partial charge is 0.223 e. The molecule has 2 aromatic heterocycles. The highest BCUT2D eigenvalue weighted by Gasteiger charge is 2.26. The Kier molecular flexibility index (Phi) is 6.81. The minimum atomic E-state index is 0.0993. The Morgan fingerprint density at radius 1 is 1.03 bits per heavy atom. The summed E-state index contributed by atoms with van der Waals surface area (Å²) in [5.41, 5.74) is 5.11. The highest BCUT2D eigenvalue weighted by Crippen LogP contribution is 2.27. The molecule has 0 saturated carbocycles. The fraction of sp³-hybridized carbons (Fsp3) is 0.519. The number of hydrogen-bond donors (Lipinski definition) is 1. The molecule has 2 aliphatic heterocycles. The van der Waals surface area contributed by atoms with Gasteiger partial charge in [0.1, 0.15) is 5.82 Å². The zero-order chi connectivity index (χ0) is 23.5. The van der Waals surface area contributed by atoms with E-state index < -0.39 is 0 Å². The first-order chi connectivity index (χ1) is 16.6. The maximum absolute atomic E-state index is 12.7. The first-order valence-corrected chi connectivity index (χ1v) is 12.8. The molecule has 1 amide bonds. The second-order valence-corrected chi connectivity index (χ2v) is 9.88. The van der Waals surface area contributed by atoms with Gasteiger partial charge >= 0.3 is 0 Å². The SMILES string of the molecule is Cc1ccc(-c2cc3nc(C)cc(N4CCC(C(=O)NCCCN5CCCC5)CC4)n3n2)cc1. The number of benzene rings is 1. The number of nitrogens with zero attached hydrogens (tertiary/aromatic N) is 5. The third-order valence-electron chi connectivity index (χ3n) is 7.22. The van der Waals surface area contributed by atoms with Gasteiger partial charge in [-0.25, -0.2) is 4.98 Å². The van der Waals surface area contributed by atoms with E-state index in [9.17, 15) is 4.79 Å². The van der Waals surface area contributed by atoms with E-state index in [4.69, 9.17) is 10.1 Å². The van der Waals surface area contributed by atoms with E-state index in [0.717, 1.165) is 73.9 Å². The first-order valence-electron chi connectivity index (χ1n) is 12.8. The van der Waals surface area contributed by atoms with Gasteiger partial charge in [0.15, 0.2) is 5.65 Å². The van der Waals surface area contributed by atoms with Crippen molar-refractivity contribution in [3.63, 3.8) is 0 Å². The molecule has 2 aliphatic rings. The normalized spacial score (nSPS) is 17.5.